The van der Waals surface area contributed by atoms with Crippen LogP contribution in [0, 0.1) is 0 Å². The average Bonchev–Trinajstić information content (AvgIpc) is 2.77. The number of nitrogens with one attached hydrogen (secondary N) is 1. The second kappa shape index (κ2) is 9.33. The molecule has 0 aliphatic rings. The number of benzene rings is 3. The minimum atomic E-state index is -0.168. The van der Waals surface area contributed by atoms with Crippen LogP contribution < -0.4 is 10.9 Å². The van der Waals surface area contributed by atoms with Crippen LogP contribution >= 0.6 is 11.6 Å². The molecule has 1 heterocycles. The summed E-state index contributed by atoms with van der Waals surface area (Å²) >= 11 is 6.13. The van der Waals surface area contributed by atoms with Crippen LogP contribution in [0.2, 0.25) is 5.02 Å². The summed E-state index contributed by atoms with van der Waals surface area (Å²) in [6.07, 6.45) is 1.13. The number of anilines is 2. The summed E-state index contributed by atoms with van der Waals surface area (Å²) < 4.78 is 1.58. The summed E-state index contributed by atoms with van der Waals surface area (Å²) in [5.41, 5.74) is 3.28. The highest BCUT2D eigenvalue weighted by Crippen LogP contribution is 2.22. The van der Waals surface area contributed by atoms with Crippen LogP contribution in [0.25, 0.3) is 16.6 Å². The van der Waals surface area contributed by atoms with Crippen molar-refractivity contribution in [3.63, 3.8) is 0 Å². The molecule has 0 saturated carbocycles. The van der Waals surface area contributed by atoms with Gasteiger partial charge in [0, 0.05) is 17.3 Å². The summed E-state index contributed by atoms with van der Waals surface area (Å²) in [6.45, 7) is 4.15. The number of hydrogen-bond donors (Lipinski definition) is 1. The molecule has 4 aromatic rings. The highest BCUT2D eigenvalue weighted by molar-refractivity contribution is 6.31. The lowest BCUT2D eigenvalue weighted by Gasteiger charge is -2.17. The van der Waals surface area contributed by atoms with E-state index in [4.69, 9.17) is 16.6 Å². The fraction of sp³-hybridized carbons (Fsp3) is 0.200. The first-order chi connectivity index (χ1) is 15.0. The highest BCUT2D eigenvalue weighted by atomic mass is 35.5. The van der Waals surface area contributed by atoms with Crippen molar-refractivity contribution in [3.8, 4) is 5.69 Å². The number of hydrogen-bond acceptors (Lipinski definition) is 4. The van der Waals surface area contributed by atoms with E-state index in [-0.39, 0.29) is 5.56 Å². The molecular formula is C25H25ClN4O. The van der Waals surface area contributed by atoms with Crippen LogP contribution in [0.15, 0.2) is 77.6 Å². The largest absolute Gasteiger partial charge is 0.325 e. The van der Waals surface area contributed by atoms with E-state index in [1.165, 1.54) is 5.56 Å². The zero-order valence-corrected chi connectivity index (χ0v) is 18.4. The van der Waals surface area contributed by atoms with Crippen molar-refractivity contribution >= 4 is 34.1 Å². The van der Waals surface area contributed by atoms with Gasteiger partial charge in [-0.15, -0.1) is 0 Å². The van der Waals surface area contributed by atoms with Crippen LogP contribution in [0.4, 0.5) is 11.6 Å². The molecule has 0 aliphatic carbocycles. The van der Waals surface area contributed by atoms with Crippen LogP contribution in [-0.2, 0) is 6.54 Å². The Morgan fingerprint density at radius 1 is 1.03 bits per heavy atom. The fourth-order valence-corrected chi connectivity index (χ4v) is 3.83. The van der Waals surface area contributed by atoms with Crippen molar-refractivity contribution in [1.29, 1.82) is 0 Å². The molecule has 1 aromatic heterocycles. The molecule has 0 saturated heterocycles. The Labute approximate surface area is 186 Å². The lowest BCUT2D eigenvalue weighted by molar-refractivity contribution is 0.327. The normalized spacial score (nSPS) is 11.2. The van der Waals surface area contributed by atoms with E-state index in [1.54, 1.807) is 22.8 Å². The molecule has 31 heavy (non-hydrogen) atoms. The Morgan fingerprint density at radius 2 is 1.77 bits per heavy atom. The van der Waals surface area contributed by atoms with Crippen LogP contribution in [0.3, 0.4) is 0 Å². The predicted molar refractivity (Wildman–Crippen MR) is 129 cm³/mol. The van der Waals surface area contributed by atoms with E-state index in [1.807, 2.05) is 42.5 Å². The van der Waals surface area contributed by atoms with Crippen molar-refractivity contribution < 1.29 is 0 Å². The Hall–Kier alpha value is -3.15. The minimum Gasteiger partial charge on any atom is -0.325 e. The molecule has 4 rings (SSSR count). The van der Waals surface area contributed by atoms with Gasteiger partial charge in [0.05, 0.1) is 16.6 Å². The first-order valence-corrected chi connectivity index (χ1v) is 10.7. The zero-order chi connectivity index (χ0) is 21.8. The van der Waals surface area contributed by atoms with Gasteiger partial charge < -0.3 is 10.2 Å². The number of aromatic nitrogens is 2. The van der Waals surface area contributed by atoms with Crippen molar-refractivity contribution in [2.24, 2.45) is 0 Å². The van der Waals surface area contributed by atoms with Gasteiger partial charge in [0.15, 0.2) is 0 Å². The molecular weight excluding hydrogens is 408 g/mol. The van der Waals surface area contributed by atoms with Crippen molar-refractivity contribution in [2.45, 2.75) is 19.9 Å². The van der Waals surface area contributed by atoms with E-state index in [2.05, 4.69) is 36.3 Å². The monoisotopic (exact) mass is 432 g/mol. The van der Waals surface area contributed by atoms with E-state index in [0.717, 1.165) is 30.9 Å². The molecule has 3 aromatic carbocycles. The first-order valence-electron chi connectivity index (χ1n) is 10.4. The van der Waals surface area contributed by atoms with Crippen LogP contribution in [0.5, 0.6) is 0 Å². The van der Waals surface area contributed by atoms with Gasteiger partial charge in [0.1, 0.15) is 0 Å². The van der Waals surface area contributed by atoms with Crippen molar-refractivity contribution in [2.75, 3.05) is 18.9 Å². The van der Waals surface area contributed by atoms with Gasteiger partial charge in [-0.1, -0.05) is 48.9 Å². The summed E-state index contributed by atoms with van der Waals surface area (Å²) in [6, 6.07) is 22.9. The van der Waals surface area contributed by atoms with Gasteiger partial charge in [-0.05, 0) is 68.0 Å². The smallest absolute Gasteiger partial charge is 0.267 e. The molecule has 6 heteroatoms. The third kappa shape index (κ3) is 4.79. The fourth-order valence-electron chi connectivity index (χ4n) is 3.65. The Balaban J connectivity index is 1.73. The van der Waals surface area contributed by atoms with Crippen molar-refractivity contribution in [1.82, 2.24) is 14.5 Å². The Kier molecular flexibility index (Phi) is 6.35. The number of rotatable bonds is 7. The molecule has 0 radical (unpaired) electrons. The van der Waals surface area contributed by atoms with E-state index < -0.39 is 0 Å². The summed E-state index contributed by atoms with van der Waals surface area (Å²) in [5, 5.41) is 4.32. The van der Waals surface area contributed by atoms with Crippen molar-refractivity contribution in [3.05, 3.63) is 93.7 Å². The minimum absolute atomic E-state index is 0.168. The maximum absolute atomic E-state index is 13.3. The molecule has 0 fully saturated rings. The average molecular weight is 433 g/mol. The lowest BCUT2D eigenvalue weighted by Crippen LogP contribution is -2.22. The van der Waals surface area contributed by atoms with E-state index in [9.17, 15) is 4.79 Å². The molecule has 0 atom stereocenters. The molecule has 158 valence electrons. The second-order valence-corrected chi connectivity index (χ2v) is 8.07. The van der Waals surface area contributed by atoms with Gasteiger partial charge in [0.25, 0.3) is 5.56 Å². The van der Waals surface area contributed by atoms with Crippen LogP contribution in [0.1, 0.15) is 18.9 Å². The number of nitrogens with zero attached hydrogens (tertiary/aromatic N) is 3. The van der Waals surface area contributed by atoms with Gasteiger partial charge in [-0.3, -0.25) is 4.79 Å². The molecule has 0 aliphatic heterocycles. The number of halogens is 1. The van der Waals surface area contributed by atoms with Gasteiger partial charge >= 0.3 is 0 Å². The van der Waals surface area contributed by atoms with Gasteiger partial charge in [-0.25, -0.2) is 9.55 Å². The van der Waals surface area contributed by atoms with Gasteiger partial charge in [-0.2, -0.15) is 0 Å². The maximum atomic E-state index is 13.3. The first kappa shape index (κ1) is 21.1. The zero-order valence-electron chi connectivity index (χ0n) is 17.7. The topological polar surface area (TPSA) is 50.2 Å². The second-order valence-electron chi connectivity index (χ2n) is 7.63. The predicted octanol–water partition coefficient (Wildman–Crippen LogP) is 5.62. The molecule has 0 bridgehead atoms. The third-order valence-corrected chi connectivity index (χ3v) is 5.35. The number of para-hydroxylation sites is 1. The summed E-state index contributed by atoms with van der Waals surface area (Å²) in [4.78, 5) is 20.4. The molecule has 5 nitrogen and oxygen atoms in total. The summed E-state index contributed by atoms with van der Waals surface area (Å²) in [5.74, 6) is 0.460. The highest BCUT2D eigenvalue weighted by Gasteiger charge is 2.13. The SMILES string of the molecule is CCCN(C)Cc1ccc(Nc2nc3ccc(Cl)cc3c(=O)n2-c2ccccc2)cc1. The van der Waals surface area contributed by atoms with E-state index >= 15 is 0 Å². The molecule has 0 unspecified atom stereocenters. The third-order valence-electron chi connectivity index (χ3n) is 5.11. The summed E-state index contributed by atoms with van der Waals surface area (Å²) in [7, 11) is 2.12. The molecule has 1 N–H and O–H groups in total. The quantitative estimate of drug-likeness (QED) is 0.411. The molecule has 0 amide bonds. The number of fused-ring (bicyclic) bond motifs is 1. The lowest BCUT2D eigenvalue weighted by atomic mass is 10.2. The van der Waals surface area contributed by atoms with Crippen LogP contribution in [-0.4, -0.2) is 28.0 Å². The molecule has 0 spiro atoms. The maximum Gasteiger partial charge on any atom is 0.267 e. The standard InChI is InChI=1S/C25H25ClN4O/c1-3-15-29(2)17-18-9-12-20(13-10-18)27-25-28-23-14-11-19(26)16-22(23)24(31)30(25)21-7-5-4-6-8-21/h4-14,16H,3,15,17H2,1-2H3,(H,27,28). The van der Waals surface area contributed by atoms with Gasteiger partial charge in [0.2, 0.25) is 5.95 Å². The van der Waals surface area contributed by atoms with E-state index in [0.29, 0.717) is 21.9 Å². The Morgan fingerprint density at radius 3 is 2.48 bits per heavy atom. The Bertz CT molecular complexity index is 1240.